The molecule has 0 saturated heterocycles. The van der Waals surface area contributed by atoms with Crippen LogP contribution in [0.4, 0.5) is 5.69 Å². The standard InChI is InChI=1S/C22H17N5O3/c1-14-11-17-19(15-7-3-2-4-8-15)21(25-20(17)18(12-14)27(29)30)22(28)26-24-13-16-9-5-6-10-23-16/h2-13,25H,1H3,(H,26,28)/b24-13-. The number of hydrazone groups is 1. The van der Waals surface area contributed by atoms with Crippen molar-refractivity contribution in [3.8, 4) is 11.1 Å². The Bertz CT molecular complexity index is 1260. The molecule has 1 amide bonds. The molecule has 8 nitrogen and oxygen atoms in total. The van der Waals surface area contributed by atoms with E-state index >= 15 is 0 Å². The van der Waals surface area contributed by atoms with Crippen molar-refractivity contribution in [1.29, 1.82) is 0 Å². The first kappa shape index (κ1) is 19.0. The van der Waals surface area contributed by atoms with Crippen LogP contribution in [-0.2, 0) is 0 Å². The summed E-state index contributed by atoms with van der Waals surface area (Å²) in [7, 11) is 0. The van der Waals surface area contributed by atoms with Crippen LogP contribution in [0, 0.1) is 17.0 Å². The maximum Gasteiger partial charge on any atom is 0.293 e. The fraction of sp³-hybridized carbons (Fsp3) is 0.0455. The van der Waals surface area contributed by atoms with Crippen LogP contribution < -0.4 is 5.43 Å². The van der Waals surface area contributed by atoms with E-state index in [0.29, 0.717) is 22.2 Å². The van der Waals surface area contributed by atoms with E-state index in [1.165, 1.54) is 12.3 Å². The maximum atomic E-state index is 12.9. The van der Waals surface area contributed by atoms with E-state index in [-0.39, 0.29) is 11.4 Å². The number of non-ortho nitro benzene ring substituents is 1. The van der Waals surface area contributed by atoms with Gasteiger partial charge in [-0.1, -0.05) is 36.4 Å². The predicted molar refractivity (Wildman–Crippen MR) is 114 cm³/mol. The summed E-state index contributed by atoms with van der Waals surface area (Å²) >= 11 is 0. The average molecular weight is 399 g/mol. The Balaban J connectivity index is 1.82. The van der Waals surface area contributed by atoms with Crippen LogP contribution in [0.15, 0.2) is 72.0 Å². The van der Waals surface area contributed by atoms with Gasteiger partial charge in [0.05, 0.1) is 16.8 Å². The van der Waals surface area contributed by atoms with E-state index in [4.69, 9.17) is 0 Å². The first-order valence-corrected chi connectivity index (χ1v) is 9.15. The minimum atomic E-state index is -0.510. The summed E-state index contributed by atoms with van der Waals surface area (Å²) in [6.45, 7) is 1.78. The van der Waals surface area contributed by atoms with Gasteiger partial charge in [0.2, 0.25) is 0 Å². The Morgan fingerprint density at radius 3 is 2.63 bits per heavy atom. The number of nitro benzene ring substituents is 1. The molecular weight excluding hydrogens is 382 g/mol. The van der Waals surface area contributed by atoms with E-state index in [0.717, 1.165) is 11.1 Å². The first-order chi connectivity index (χ1) is 14.5. The fourth-order valence-corrected chi connectivity index (χ4v) is 3.30. The van der Waals surface area contributed by atoms with Gasteiger partial charge in [-0.2, -0.15) is 5.10 Å². The Morgan fingerprint density at radius 2 is 1.93 bits per heavy atom. The van der Waals surface area contributed by atoms with Gasteiger partial charge in [0, 0.05) is 23.2 Å². The molecular formula is C22H17N5O3. The molecule has 0 saturated carbocycles. The SMILES string of the molecule is Cc1cc([N+](=O)[O-])c2[nH]c(C(=O)N/N=C\c3ccccn3)c(-c3ccccc3)c2c1. The summed E-state index contributed by atoms with van der Waals surface area (Å²) in [5.41, 5.74) is 5.54. The van der Waals surface area contributed by atoms with Crippen molar-refractivity contribution < 1.29 is 9.72 Å². The van der Waals surface area contributed by atoms with E-state index in [9.17, 15) is 14.9 Å². The average Bonchev–Trinajstić information content (AvgIpc) is 3.13. The van der Waals surface area contributed by atoms with Gasteiger partial charge in [-0.15, -0.1) is 0 Å². The summed E-state index contributed by atoms with van der Waals surface area (Å²) in [4.78, 5) is 31.1. The lowest BCUT2D eigenvalue weighted by Gasteiger charge is -2.04. The number of aryl methyl sites for hydroxylation is 1. The molecule has 148 valence electrons. The predicted octanol–water partition coefficient (Wildman–Crippen LogP) is 4.21. The molecule has 2 heterocycles. The molecule has 0 aliphatic carbocycles. The van der Waals surface area contributed by atoms with Crippen LogP contribution in [0.3, 0.4) is 0 Å². The van der Waals surface area contributed by atoms with Crippen LogP contribution >= 0.6 is 0 Å². The number of amides is 1. The molecule has 0 fully saturated rings. The highest BCUT2D eigenvalue weighted by atomic mass is 16.6. The Labute approximate surface area is 171 Å². The quantitative estimate of drug-likeness (QED) is 0.297. The van der Waals surface area contributed by atoms with Crippen molar-refractivity contribution in [2.45, 2.75) is 6.92 Å². The number of nitrogens with zero attached hydrogens (tertiary/aromatic N) is 3. The zero-order valence-corrected chi connectivity index (χ0v) is 16.0. The molecule has 2 aromatic heterocycles. The highest BCUT2D eigenvalue weighted by Crippen LogP contribution is 2.37. The molecule has 0 bridgehead atoms. The molecule has 0 atom stereocenters. The lowest BCUT2D eigenvalue weighted by Crippen LogP contribution is -2.19. The number of carbonyl (C=O) groups excluding carboxylic acids is 1. The van der Waals surface area contributed by atoms with Crippen molar-refractivity contribution in [2.24, 2.45) is 5.10 Å². The third-order valence-corrected chi connectivity index (χ3v) is 4.57. The largest absolute Gasteiger partial charge is 0.344 e. The summed E-state index contributed by atoms with van der Waals surface area (Å²) < 4.78 is 0. The van der Waals surface area contributed by atoms with Crippen LogP contribution in [0.2, 0.25) is 0 Å². The smallest absolute Gasteiger partial charge is 0.293 e. The molecule has 2 aromatic carbocycles. The number of fused-ring (bicyclic) bond motifs is 1. The van der Waals surface area contributed by atoms with Crippen molar-refractivity contribution >= 4 is 28.7 Å². The molecule has 0 aliphatic heterocycles. The molecule has 2 N–H and O–H groups in total. The Hall–Kier alpha value is -4.33. The van der Waals surface area contributed by atoms with Gasteiger partial charge in [0.15, 0.2) is 0 Å². The molecule has 8 heteroatoms. The van der Waals surface area contributed by atoms with Crippen LogP contribution in [0.25, 0.3) is 22.0 Å². The number of nitrogens with one attached hydrogen (secondary N) is 2. The van der Waals surface area contributed by atoms with E-state index in [1.54, 1.807) is 25.3 Å². The number of H-pyrrole nitrogens is 1. The lowest BCUT2D eigenvalue weighted by molar-refractivity contribution is -0.383. The van der Waals surface area contributed by atoms with Gasteiger partial charge in [-0.05, 0) is 36.2 Å². The number of nitro groups is 1. The van der Waals surface area contributed by atoms with E-state index in [2.05, 4.69) is 20.5 Å². The molecule has 0 radical (unpaired) electrons. The number of benzene rings is 2. The summed E-state index contributed by atoms with van der Waals surface area (Å²) in [5, 5.41) is 16.1. The molecule has 30 heavy (non-hydrogen) atoms. The number of aromatic nitrogens is 2. The van der Waals surface area contributed by atoms with E-state index < -0.39 is 10.8 Å². The lowest BCUT2D eigenvalue weighted by atomic mass is 10.00. The Morgan fingerprint density at radius 1 is 1.17 bits per heavy atom. The highest BCUT2D eigenvalue weighted by Gasteiger charge is 2.24. The van der Waals surface area contributed by atoms with Gasteiger partial charge in [0.1, 0.15) is 11.2 Å². The van der Waals surface area contributed by atoms with Gasteiger partial charge < -0.3 is 4.98 Å². The Kier molecular flexibility index (Phi) is 5.04. The van der Waals surface area contributed by atoms with Crippen LogP contribution in [0.1, 0.15) is 21.7 Å². The van der Waals surface area contributed by atoms with Crippen molar-refractivity contribution in [1.82, 2.24) is 15.4 Å². The molecule has 0 spiro atoms. The molecule has 0 unspecified atom stereocenters. The molecule has 4 rings (SSSR count). The monoisotopic (exact) mass is 399 g/mol. The topological polar surface area (TPSA) is 113 Å². The second-order valence-corrected chi connectivity index (χ2v) is 6.66. The number of hydrogen-bond donors (Lipinski definition) is 2. The zero-order valence-electron chi connectivity index (χ0n) is 16.0. The fourth-order valence-electron chi connectivity index (χ4n) is 3.30. The van der Waals surface area contributed by atoms with Gasteiger partial charge in [0.25, 0.3) is 11.6 Å². The summed E-state index contributed by atoms with van der Waals surface area (Å²) in [5.74, 6) is -0.510. The molecule has 4 aromatic rings. The first-order valence-electron chi connectivity index (χ1n) is 9.15. The number of aromatic amines is 1. The second kappa shape index (κ2) is 7.96. The third kappa shape index (κ3) is 3.66. The van der Waals surface area contributed by atoms with Gasteiger partial charge in [-0.3, -0.25) is 19.9 Å². The highest BCUT2D eigenvalue weighted by molar-refractivity contribution is 6.11. The summed E-state index contributed by atoms with van der Waals surface area (Å²) in [6.07, 6.45) is 3.05. The van der Waals surface area contributed by atoms with Gasteiger partial charge >= 0.3 is 0 Å². The molecule has 0 aliphatic rings. The zero-order chi connectivity index (χ0) is 21.1. The van der Waals surface area contributed by atoms with Crippen molar-refractivity contribution in [2.75, 3.05) is 0 Å². The summed E-state index contributed by atoms with van der Waals surface area (Å²) in [6, 6.07) is 17.9. The minimum Gasteiger partial charge on any atom is -0.344 e. The number of carbonyl (C=O) groups is 1. The minimum absolute atomic E-state index is 0.0850. The second-order valence-electron chi connectivity index (χ2n) is 6.66. The van der Waals surface area contributed by atoms with Crippen LogP contribution in [-0.4, -0.2) is 27.0 Å². The van der Waals surface area contributed by atoms with Crippen molar-refractivity contribution in [3.05, 3.63) is 93.9 Å². The third-order valence-electron chi connectivity index (χ3n) is 4.57. The maximum absolute atomic E-state index is 12.9. The van der Waals surface area contributed by atoms with Crippen LogP contribution in [0.5, 0.6) is 0 Å². The van der Waals surface area contributed by atoms with E-state index in [1.807, 2.05) is 42.5 Å². The number of hydrogen-bond acceptors (Lipinski definition) is 5. The number of pyridine rings is 1. The van der Waals surface area contributed by atoms with Gasteiger partial charge in [-0.25, -0.2) is 5.43 Å². The number of rotatable bonds is 5. The van der Waals surface area contributed by atoms with Crippen molar-refractivity contribution in [3.63, 3.8) is 0 Å². The normalized spacial score (nSPS) is 11.1.